The van der Waals surface area contributed by atoms with Gasteiger partial charge in [0.2, 0.25) is 0 Å². The van der Waals surface area contributed by atoms with Crippen LogP contribution in [-0.4, -0.2) is 16.1 Å². The molecule has 0 aliphatic carbocycles. The normalized spacial score (nSPS) is 10.2. The van der Waals surface area contributed by atoms with E-state index in [-0.39, 0.29) is 11.5 Å². The SMILES string of the molecule is Cc1c(F)cccc1-c1cccnc1C(=O)O. The van der Waals surface area contributed by atoms with Crippen molar-refractivity contribution >= 4 is 5.97 Å². The second-order valence-corrected chi connectivity index (χ2v) is 3.62. The van der Waals surface area contributed by atoms with E-state index in [9.17, 15) is 9.18 Å². The van der Waals surface area contributed by atoms with Crippen LogP contribution in [0.15, 0.2) is 36.5 Å². The lowest BCUT2D eigenvalue weighted by Gasteiger charge is -2.08. The Bertz CT molecular complexity index is 581. The first-order chi connectivity index (χ1) is 8.11. The number of hydrogen-bond acceptors (Lipinski definition) is 2. The van der Waals surface area contributed by atoms with Gasteiger partial charge in [-0.2, -0.15) is 0 Å². The van der Waals surface area contributed by atoms with Crippen LogP contribution in [0.1, 0.15) is 16.1 Å². The van der Waals surface area contributed by atoms with Crippen molar-refractivity contribution in [1.82, 2.24) is 4.98 Å². The summed E-state index contributed by atoms with van der Waals surface area (Å²) < 4.78 is 13.4. The molecule has 0 aliphatic rings. The molecule has 0 aliphatic heterocycles. The van der Waals surface area contributed by atoms with E-state index in [4.69, 9.17) is 5.11 Å². The molecule has 0 fully saturated rings. The zero-order valence-corrected chi connectivity index (χ0v) is 9.14. The Morgan fingerprint density at radius 1 is 1.24 bits per heavy atom. The van der Waals surface area contributed by atoms with Crippen molar-refractivity contribution in [3.05, 3.63) is 53.6 Å². The molecule has 1 heterocycles. The predicted octanol–water partition coefficient (Wildman–Crippen LogP) is 2.89. The highest BCUT2D eigenvalue weighted by Gasteiger charge is 2.15. The first-order valence-electron chi connectivity index (χ1n) is 5.05. The van der Waals surface area contributed by atoms with Crippen LogP contribution in [0, 0.1) is 12.7 Å². The summed E-state index contributed by atoms with van der Waals surface area (Å²) in [5.41, 5.74) is 1.33. The molecular weight excluding hydrogens is 221 g/mol. The summed E-state index contributed by atoms with van der Waals surface area (Å²) >= 11 is 0. The quantitative estimate of drug-likeness (QED) is 0.864. The molecule has 17 heavy (non-hydrogen) atoms. The maximum absolute atomic E-state index is 13.4. The molecule has 1 N–H and O–H groups in total. The van der Waals surface area contributed by atoms with Crippen molar-refractivity contribution in [1.29, 1.82) is 0 Å². The molecule has 0 radical (unpaired) electrons. The fourth-order valence-electron chi connectivity index (χ4n) is 1.69. The Labute approximate surface area is 97.6 Å². The van der Waals surface area contributed by atoms with Crippen molar-refractivity contribution in [2.45, 2.75) is 6.92 Å². The Kier molecular flexibility index (Phi) is 2.87. The molecule has 0 unspecified atom stereocenters. The van der Waals surface area contributed by atoms with Gasteiger partial charge in [0.25, 0.3) is 0 Å². The third-order valence-electron chi connectivity index (χ3n) is 2.57. The molecule has 2 aromatic rings. The Balaban J connectivity index is 2.69. The topological polar surface area (TPSA) is 50.2 Å². The molecule has 0 saturated heterocycles. The minimum Gasteiger partial charge on any atom is -0.476 e. The van der Waals surface area contributed by atoms with Crippen LogP contribution in [0.3, 0.4) is 0 Å². The molecule has 1 aromatic heterocycles. The summed E-state index contributed by atoms with van der Waals surface area (Å²) in [6.07, 6.45) is 1.40. The fourth-order valence-corrected chi connectivity index (χ4v) is 1.69. The average Bonchev–Trinajstić information content (AvgIpc) is 2.33. The monoisotopic (exact) mass is 231 g/mol. The summed E-state index contributed by atoms with van der Waals surface area (Å²) in [5, 5.41) is 9.03. The van der Waals surface area contributed by atoms with Gasteiger partial charge in [-0.1, -0.05) is 18.2 Å². The molecule has 0 spiro atoms. The maximum atomic E-state index is 13.4. The highest BCUT2D eigenvalue weighted by atomic mass is 19.1. The number of aromatic carboxylic acids is 1. The third kappa shape index (κ3) is 2.01. The molecular formula is C13H10FNO2. The number of pyridine rings is 1. The summed E-state index contributed by atoms with van der Waals surface area (Å²) in [4.78, 5) is 14.8. The Hall–Kier alpha value is -2.23. The van der Waals surface area contributed by atoms with E-state index in [1.165, 1.54) is 12.3 Å². The predicted molar refractivity (Wildman–Crippen MR) is 61.3 cm³/mol. The summed E-state index contributed by atoms with van der Waals surface area (Å²) in [5.74, 6) is -1.48. The number of carboxylic acid groups (broad SMARTS) is 1. The summed E-state index contributed by atoms with van der Waals surface area (Å²) in [6.45, 7) is 1.61. The van der Waals surface area contributed by atoms with Crippen molar-refractivity contribution in [2.75, 3.05) is 0 Å². The van der Waals surface area contributed by atoms with Crippen molar-refractivity contribution in [3.8, 4) is 11.1 Å². The van der Waals surface area contributed by atoms with Gasteiger partial charge in [0.15, 0.2) is 5.69 Å². The molecule has 0 saturated carbocycles. The van der Waals surface area contributed by atoms with Crippen LogP contribution in [-0.2, 0) is 0 Å². The largest absolute Gasteiger partial charge is 0.476 e. The molecule has 0 amide bonds. The standard InChI is InChI=1S/C13H10FNO2/c1-8-9(4-2-6-11(8)14)10-5-3-7-15-12(10)13(16)17/h2-7H,1H3,(H,16,17). The van der Waals surface area contributed by atoms with Gasteiger partial charge in [-0.15, -0.1) is 0 Å². The van der Waals surface area contributed by atoms with Crippen molar-refractivity contribution in [3.63, 3.8) is 0 Å². The van der Waals surface area contributed by atoms with Crippen LogP contribution in [0.25, 0.3) is 11.1 Å². The van der Waals surface area contributed by atoms with E-state index in [0.29, 0.717) is 16.7 Å². The van der Waals surface area contributed by atoms with Crippen LogP contribution in [0.2, 0.25) is 0 Å². The fraction of sp³-hybridized carbons (Fsp3) is 0.0769. The van der Waals surface area contributed by atoms with Gasteiger partial charge in [0.1, 0.15) is 5.82 Å². The Morgan fingerprint density at radius 3 is 2.65 bits per heavy atom. The number of nitrogens with zero attached hydrogens (tertiary/aromatic N) is 1. The van der Waals surface area contributed by atoms with Gasteiger partial charge in [-0.25, -0.2) is 14.2 Å². The molecule has 86 valence electrons. The smallest absolute Gasteiger partial charge is 0.355 e. The van der Waals surface area contributed by atoms with E-state index >= 15 is 0 Å². The van der Waals surface area contributed by atoms with Gasteiger partial charge < -0.3 is 5.11 Å². The van der Waals surface area contributed by atoms with Gasteiger partial charge in [0, 0.05) is 11.8 Å². The summed E-state index contributed by atoms with van der Waals surface area (Å²) in [7, 11) is 0. The lowest BCUT2D eigenvalue weighted by atomic mass is 9.99. The lowest BCUT2D eigenvalue weighted by Crippen LogP contribution is -2.03. The minimum atomic E-state index is -1.12. The number of rotatable bonds is 2. The van der Waals surface area contributed by atoms with Gasteiger partial charge in [-0.05, 0) is 30.2 Å². The van der Waals surface area contributed by atoms with E-state index in [1.807, 2.05) is 0 Å². The van der Waals surface area contributed by atoms with E-state index in [2.05, 4.69) is 4.98 Å². The van der Waals surface area contributed by atoms with Gasteiger partial charge >= 0.3 is 5.97 Å². The maximum Gasteiger partial charge on any atom is 0.355 e. The molecule has 2 rings (SSSR count). The van der Waals surface area contributed by atoms with E-state index < -0.39 is 5.97 Å². The van der Waals surface area contributed by atoms with Gasteiger partial charge in [-0.3, -0.25) is 0 Å². The molecule has 3 nitrogen and oxygen atoms in total. The molecule has 0 atom stereocenters. The highest BCUT2D eigenvalue weighted by molar-refractivity contribution is 5.94. The molecule has 4 heteroatoms. The number of carboxylic acids is 1. The van der Waals surface area contributed by atoms with E-state index in [0.717, 1.165) is 0 Å². The third-order valence-corrected chi connectivity index (χ3v) is 2.57. The van der Waals surface area contributed by atoms with Crippen molar-refractivity contribution in [2.24, 2.45) is 0 Å². The van der Waals surface area contributed by atoms with Crippen LogP contribution in [0.4, 0.5) is 4.39 Å². The number of benzene rings is 1. The second kappa shape index (κ2) is 4.33. The van der Waals surface area contributed by atoms with Crippen LogP contribution >= 0.6 is 0 Å². The Morgan fingerprint density at radius 2 is 1.94 bits per heavy atom. The number of hydrogen-bond donors (Lipinski definition) is 1. The number of halogens is 1. The number of carbonyl (C=O) groups is 1. The first-order valence-corrected chi connectivity index (χ1v) is 5.05. The zero-order valence-electron chi connectivity index (χ0n) is 9.14. The van der Waals surface area contributed by atoms with Crippen LogP contribution in [0.5, 0.6) is 0 Å². The molecule has 1 aromatic carbocycles. The van der Waals surface area contributed by atoms with Crippen LogP contribution < -0.4 is 0 Å². The van der Waals surface area contributed by atoms with Gasteiger partial charge in [0.05, 0.1) is 0 Å². The first kappa shape index (κ1) is 11.3. The number of aromatic nitrogens is 1. The van der Waals surface area contributed by atoms with E-state index in [1.54, 1.807) is 31.2 Å². The molecule has 0 bridgehead atoms. The summed E-state index contributed by atoms with van der Waals surface area (Å²) in [6, 6.07) is 7.83. The minimum absolute atomic E-state index is 0.0683. The lowest BCUT2D eigenvalue weighted by molar-refractivity contribution is 0.0691. The zero-order chi connectivity index (χ0) is 12.4. The van der Waals surface area contributed by atoms with Crippen molar-refractivity contribution < 1.29 is 14.3 Å². The second-order valence-electron chi connectivity index (χ2n) is 3.62. The average molecular weight is 231 g/mol. The highest BCUT2D eigenvalue weighted by Crippen LogP contribution is 2.27.